The minimum Gasteiger partial charge on any atom is -0.299 e. The molecule has 86 valence electrons. The van der Waals surface area contributed by atoms with E-state index in [1.807, 2.05) is 20.8 Å². The van der Waals surface area contributed by atoms with Gasteiger partial charge in [0.1, 0.15) is 5.78 Å². The third kappa shape index (κ3) is 5.78. The Morgan fingerprint density at radius 1 is 1.27 bits per heavy atom. The summed E-state index contributed by atoms with van der Waals surface area (Å²) in [6.45, 7) is 7.42. The molecule has 0 spiro atoms. The van der Waals surface area contributed by atoms with Crippen LogP contribution in [0, 0.1) is 5.41 Å². The van der Waals surface area contributed by atoms with Crippen LogP contribution < -0.4 is 0 Å². The molecule has 0 aromatic heterocycles. The van der Waals surface area contributed by atoms with Crippen molar-refractivity contribution in [3.8, 4) is 0 Å². The van der Waals surface area contributed by atoms with E-state index in [1.54, 1.807) is 6.92 Å². The van der Waals surface area contributed by atoms with Gasteiger partial charge in [-0.05, 0) is 33.6 Å². The third-order valence-corrected chi connectivity index (χ3v) is 2.80. The molecule has 1 atom stereocenters. The molecular weight excluding hydrogens is 208 g/mol. The van der Waals surface area contributed by atoms with Gasteiger partial charge in [-0.3, -0.25) is 9.59 Å². The van der Waals surface area contributed by atoms with Gasteiger partial charge in [0.2, 0.25) is 0 Å². The van der Waals surface area contributed by atoms with E-state index in [0.29, 0.717) is 6.42 Å². The second-order valence-electron chi connectivity index (χ2n) is 4.51. The Hall–Kier alpha value is -0.570. The average Bonchev–Trinajstić information content (AvgIpc) is 2.01. The first-order valence-electron chi connectivity index (χ1n) is 5.14. The second-order valence-corrected chi connectivity index (χ2v) is 5.01. The molecular formula is C12H20O2S. The van der Waals surface area contributed by atoms with Crippen LogP contribution >= 0.6 is 12.6 Å². The summed E-state index contributed by atoms with van der Waals surface area (Å²) in [5.41, 5.74) is 0.684. The molecule has 1 unspecified atom stereocenters. The fourth-order valence-electron chi connectivity index (χ4n) is 1.40. The van der Waals surface area contributed by atoms with E-state index < -0.39 is 5.41 Å². The molecule has 0 rings (SSSR count). The van der Waals surface area contributed by atoms with Gasteiger partial charge in [0.05, 0.1) is 0 Å². The SMILES string of the molecule is CC(=O)C(C)(CCC=C(C)C)CC(=O)S. The lowest BCUT2D eigenvalue weighted by atomic mass is 9.79. The smallest absolute Gasteiger partial charge is 0.186 e. The van der Waals surface area contributed by atoms with Gasteiger partial charge < -0.3 is 0 Å². The maximum absolute atomic E-state index is 11.5. The molecule has 0 heterocycles. The van der Waals surface area contributed by atoms with Gasteiger partial charge in [0, 0.05) is 11.8 Å². The van der Waals surface area contributed by atoms with Crippen LogP contribution in [0.1, 0.15) is 47.0 Å². The number of carbonyl (C=O) groups excluding carboxylic acids is 2. The van der Waals surface area contributed by atoms with Gasteiger partial charge in [0.25, 0.3) is 0 Å². The van der Waals surface area contributed by atoms with E-state index in [4.69, 9.17) is 0 Å². The molecule has 0 amide bonds. The van der Waals surface area contributed by atoms with Crippen molar-refractivity contribution in [1.82, 2.24) is 0 Å². The molecule has 0 aromatic rings. The van der Waals surface area contributed by atoms with Crippen LogP contribution in [0.5, 0.6) is 0 Å². The Kier molecular flexibility index (Phi) is 5.88. The molecule has 0 aliphatic rings. The summed E-state index contributed by atoms with van der Waals surface area (Å²) in [5.74, 6) is 0.0621. The molecule has 0 aromatic carbocycles. The van der Waals surface area contributed by atoms with Crippen molar-refractivity contribution in [1.29, 1.82) is 0 Å². The van der Waals surface area contributed by atoms with Gasteiger partial charge in [-0.15, -0.1) is 12.6 Å². The minimum absolute atomic E-state index is 0.0621. The molecule has 0 saturated carbocycles. The molecule has 3 heteroatoms. The van der Waals surface area contributed by atoms with Crippen LogP contribution in [0.25, 0.3) is 0 Å². The molecule has 0 saturated heterocycles. The zero-order valence-corrected chi connectivity index (χ0v) is 10.9. The topological polar surface area (TPSA) is 34.1 Å². The molecule has 0 radical (unpaired) electrons. The van der Waals surface area contributed by atoms with Crippen LogP contribution in [0.15, 0.2) is 11.6 Å². The zero-order chi connectivity index (χ0) is 12.1. The number of hydrogen-bond donors (Lipinski definition) is 1. The molecule has 0 aliphatic carbocycles. The Bertz CT molecular complexity index is 277. The number of hydrogen-bond acceptors (Lipinski definition) is 2. The summed E-state index contributed by atoms with van der Waals surface area (Å²) < 4.78 is 0. The molecule has 2 nitrogen and oxygen atoms in total. The first-order chi connectivity index (χ1) is 6.78. The van der Waals surface area contributed by atoms with E-state index in [9.17, 15) is 9.59 Å². The number of carbonyl (C=O) groups is 2. The van der Waals surface area contributed by atoms with Crippen molar-refractivity contribution in [3.05, 3.63) is 11.6 Å². The maximum atomic E-state index is 11.5. The number of thiol groups is 1. The standard InChI is InChI=1S/C12H20O2S/c1-9(2)6-5-7-12(4,10(3)13)8-11(14)15/h6H,5,7-8H2,1-4H3,(H,14,15). The van der Waals surface area contributed by atoms with Crippen LogP contribution in [0.2, 0.25) is 0 Å². The van der Waals surface area contributed by atoms with Crippen LogP contribution in [0.4, 0.5) is 0 Å². The van der Waals surface area contributed by atoms with E-state index in [0.717, 1.165) is 6.42 Å². The van der Waals surface area contributed by atoms with Crippen molar-refractivity contribution in [2.75, 3.05) is 0 Å². The number of ketones is 1. The third-order valence-electron chi connectivity index (χ3n) is 2.64. The predicted octanol–water partition coefficient (Wildman–Crippen LogP) is 3.17. The van der Waals surface area contributed by atoms with Crippen LogP contribution in [0.3, 0.4) is 0 Å². The first kappa shape index (κ1) is 14.4. The van der Waals surface area contributed by atoms with Crippen molar-refractivity contribution in [2.24, 2.45) is 5.41 Å². The summed E-state index contributed by atoms with van der Waals surface area (Å²) in [5, 5.41) is -0.218. The lowest BCUT2D eigenvalue weighted by Gasteiger charge is -2.24. The highest BCUT2D eigenvalue weighted by Crippen LogP contribution is 2.30. The normalized spacial score (nSPS) is 14.2. The average molecular weight is 228 g/mol. The lowest BCUT2D eigenvalue weighted by molar-refractivity contribution is -0.129. The van der Waals surface area contributed by atoms with Gasteiger partial charge in [-0.1, -0.05) is 18.6 Å². The highest BCUT2D eigenvalue weighted by Gasteiger charge is 2.30. The van der Waals surface area contributed by atoms with E-state index in [1.165, 1.54) is 5.57 Å². The molecule has 0 aliphatic heterocycles. The second kappa shape index (κ2) is 6.11. The molecule has 0 bridgehead atoms. The van der Waals surface area contributed by atoms with E-state index in [-0.39, 0.29) is 17.3 Å². The van der Waals surface area contributed by atoms with E-state index >= 15 is 0 Å². The van der Waals surface area contributed by atoms with Gasteiger partial charge in [-0.2, -0.15) is 0 Å². The fourth-order valence-corrected chi connectivity index (χ4v) is 1.75. The van der Waals surface area contributed by atoms with E-state index in [2.05, 4.69) is 18.7 Å². The number of Topliss-reactive ketones (excluding diaryl/α,β-unsaturated/α-hetero) is 1. The van der Waals surface area contributed by atoms with Crippen LogP contribution in [-0.2, 0) is 9.59 Å². The Balaban J connectivity index is 4.46. The molecule has 0 N–H and O–H groups in total. The maximum Gasteiger partial charge on any atom is 0.186 e. The Labute approximate surface area is 97.5 Å². The molecule has 0 fully saturated rings. The van der Waals surface area contributed by atoms with Crippen molar-refractivity contribution < 1.29 is 9.59 Å². The summed E-state index contributed by atoms with van der Waals surface area (Å²) in [6.07, 6.45) is 3.85. The monoisotopic (exact) mass is 228 g/mol. The minimum atomic E-state index is -0.551. The summed E-state index contributed by atoms with van der Waals surface area (Å²) in [6, 6.07) is 0. The number of allylic oxidation sites excluding steroid dienone is 2. The van der Waals surface area contributed by atoms with Gasteiger partial charge in [0.15, 0.2) is 5.12 Å². The fraction of sp³-hybridized carbons (Fsp3) is 0.667. The Morgan fingerprint density at radius 3 is 2.13 bits per heavy atom. The summed E-state index contributed by atoms with van der Waals surface area (Å²) in [7, 11) is 0. The van der Waals surface area contributed by atoms with Crippen molar-refractivity contribution >= 4 is 23.5 Å². The van der Waals surface area contributed by atoms with Crippen molar-refractivity contribution in [2.45, 2.75) is 47.0 Å². The highest BCUT2D eigenvalue weighted by molar-refractivity contribution is 7.96. The molecule has 15 heavy (non-hydrogen) atoms. The first-order valence-corrected chi connectivity index (χ1v) is 5.59. The largest absolute Gasteiger partial charge is 0.299 e. The van der Waals surface area contributed by atoms with Crippen LogP contribution in [-0.4, -0.2) is 10.9 Å². The quantitative estimate of drug-likeness (QED) is 0.559. The Morgan fingerprint density at radius 2 is 1.80 bits per heavy atom. The summed E-state index contributed by atoms with van der Waals surface area (Å²) in [4.78, 5) is 22.4. The van der Waals surface area contributed by atoms with Gasteiger partial charge >= 0.3 is 0 Å². The zero-order valence-electron chi connectivity index (χ0n) is 9.96. The van der Waals surface area contributed by atoms with Crippen molar-refractivity contribution in [3.63, 3.8) is 0 Å². The highest BCUT2D eigenvalue weighted by atomic mass is 32.1. The lowest BCUT2D eigenvalue weighted by Crippen LogP contribution is -2.27. The van der Waals surface area contributed by atoms with Gasteiger partial charge in [-0.25, -0.2) is 0 Å². The summed E-state index contributed by atoms with van der Waals surface area (Å²) >= 11 is 3.74. The number of rotatable bonds is 6. The predicted molar refractivity (Wildman–Crippen MR) is 66.1 cm³/mol.